The van der Waals surface area contributed by atoms with Crippen molar-refractivity contribution in [2.75, 3.05) is 77.5 Å². The molecule has 0 saturated carbocycles. The number of pyridine rings is 1. The molecule has 262 valence electrons. The summed E-state index contributed by atoms with van der Waals surface area (Å²) in [5.41, 5.74) is 11.8. The normalized spacial score (nSPS) is 13.4. The summed E-state index contributed by atoms with van der Waals surface area (Å²) in [7, 11) is 0. The highest BCUT2D eigenvalue weighted by molar-refractivity contribution is 5.99. The Morgan fingerprint density at radius 3 is 2.19 bits per heavy atom. The third-order valence-electron chi connectivity index (χ3n) is 8.52. The van der Waals surface area contributed by atoms with Crippen LogP contribution in [0, 0.1) is 20.8 Å². The lowest BCUT2D eigenvalue weighted by molar-refractivity contribution is 0.0106. The number of carbonyl (C=O) groups is 1. The summed E-state index contributed by atoms with van der Waals surface area (Å²) in [5.74, 6) is 0.514. The van der Waals surface area contributed by atoms with E-state index in [4.69, 9.17) is 29.4 Å². The predicted molar refractivity (Wildman–Crippen MR) is 188 cm³/mol. The maximum absolute atomic E-state index is 13.8. The Balaban J connectivity index is 1.45. The predicted octanol–water partition coefficient (Wildman–Crippen LogP) is 4.29. The van der Waals surface area contributed by atoms with Gasteiger partial charge in [0.1, 0.15) is 12.4 Å². The van der Waals surface area contributed by atoms with Crippen molar-refractivity contribution in [2.24, 2.45) is 5.73 Å². The number of benzene rings is 2. The smallest absolute Gasteiger partial charge is 0.253 e. The number of aryl methyl sites for hydroxylation is 2. The summed E-state index contributed by atoms with van der Waals surface area (Å²) in [4.78, 5) is 31.6. The molecule has 0 bridgehead atoms. The molecule has 0 radical (unpaired) electrons. The minimum atomic E-state index is -0.219. The van der Waals surface area contributed by atoms with Gasteiger partial charge in [-0.05, 0) is 93.1 Å². The number of hydrogen-bond acceptors (Lipinski definition) is 9. The Kier molecular flexibility index (Phi) is 14.9. The van der Waals surface area contributed by atoms with E-state index < -0.39 is 0 Å². The molecule has 1 saturated heterocycles. The van der Waals surface area contributed by atoms with Crippen molar-refractivity contribution in [3.05, 3.63) is 80.8 Å². The van der Waals surface area contributed by atoms with Crippen molar-refractivity contribution >= 4 is 11.6 Å². The fraction of sp³-hybridized carbons (Fsp3) is 0.514. The van der Waals surface area contributed by atoms with Gasteiger partial charge in [0.25, 0.3) is 11.5 Å². The van der Waals surface area contributed by atoms with E-state index in [2.05, 4.69) is 28.2 Å². The summed E-state index contributed by atoms with van der Waals surface area (Å²) in [6.07, 6.45) is 1.86. The molecule has 2 aromatic carbocycles. The molecule has 1 aromatic heterocycles. The summed E-state index contributed by atoms with van der Waals surface area (Å²) >= 11 is 0. The van der Waals surface area contributed by atoms with Crippen LogP contribution in [-0.4, -0.2) is 89.5 Å². The summed E-state index contributed by atoms with van der Waals surface area (Å²) in [6, 6.07) is 14.2. The number of carbonyl (C=O) groups excluding carboxylic acids is 1. The van der Waals surface area contributed by atoms with Crippen molar-refractivity contribution < 1.29 is 28.5 Å². The van der Waals surface area contributed by atoms with E-state index in [0.29, 0.717) is 70.0 Å². The number of anilines is 1. The Morgan fingerprint density at radius 1 is 0.917 bits per heavy atom. The zero-order valence-electron chi connectivity index (χ0n) is 28.9. The maximum atomic E-state index is 13.8. The second-order valence-corrected chi connectivity index (χ2v) is 11.9. The molecular weight excluding hydrogens is 612 g/mol. The number of nitrogens with zero attached hydrogens (tertiary/aromatic N) is 1. The van der Waals surface area contributed by atoms with Gasteiger partial charge in [0.2, 0.25) is 0 Å². The van der Waals surface area contributed by atoms with Crippen LogP contribution >= 0.6 is 0 Å². The molecule has 11 nitrogen and oxygen atoms in total. The molecule has 1 amide bonds. The molecule has 3 aromatic rings. The fourth-order valence-electron chi connectivity index (χ4n) is 5.97. The van der Waals surface area contributed by atoms with Crippen LogP contribution in [-0.2, 0) is 25.5 Å². The highest BCUT2D eigenvalue weighted by atomic mass is 16.6. The molecule has 0 unspecified atom stereocenters. The first kappa shape index (κ1) is 37.1. The number of nitrogens with two attached hydrogens (primary N) is 1. The van der Waals surface area contributed by atoms with E-state index in [0.717, 1.165) is 72.0 Å². The Bertz CT molecular complexity index is 1500. The lowest BCUT2D eigenvalue weighted by Crippen LogP contribution is -2.40. The topological polar surface area (TPSA) is 137 Å². The molecule has 0 aliphatic carbocycles. The highest BCUT2D eigenvalue weighted by Crippen LogP contribution is 2.34. The van der Waals surface area contributed by atoms with Gasteiger partial charge in [-0.1, -0.05) is 12.1 Å². The van der Waals surface area contributed by atoms with Crippen molar-refractivity contribution in [1.29, 1.82) is 0 Å². The molecule has 1 aliphatic heterocycles. The minimum absolute atomic E-state index is 0.143. The lowest BCUT2D eigenvalue weighted by Gasteiger charge is -2.37. The van der Waals surface area contributed by atoms with Gasteiger partial charge in [-0.3, -0.25) is 9.59 Å². The molecule has 0 spiro atoms. The number of ether oxygens (including phenoxy) is 5. The standard InChI is InChI=1S/C37H52N4O7/c1-5-41(31-10-13-44-14-11-31)35-24-30(23-33(28(35)4)36(42)39-25-34-26(2)22-27(3)40-37(34)43)29-6-8-32(9-7-29)48-21-20-47-19-18-46-17-16-45-15-12-38/h6-9,22-24,31H,5,10-21,25,38H2,1-4H3,(H,39,42)(H,40,43). The van der Waals surface area contributed by atoms with Crippen molar-refractivity contribution in [3.8, 4) is 16.9 Å². The van der Waals surface area contributed by atoms with Crippen LogP contribution in [0.1, 0.15) is 52.5 Å². The average molecular weight is 665 g/mol. The SMILES string of the molecule is CCN(c1cc(-c2ccc(OCCOCCOCCOCCN)cc2)cc(C(=O)NCc2c(C)cc(C)[nH]c2=O)c1C)C1CCOCC1. The Hall–Kier alpha value is -3.74. The molecule has 1 aliphatic rings. The van der Waals surface area contributed by atoms with Gasteiger partial charge in [-0.15, -0.1) is 0 Å². The van der Waals surface area contributed by atoms with E-state index in [-0.39, 0.29) is 18.0 Å². The van der Waals surface area contributed by atoms with Gasteiger partial charge in [-0.25, -0.2) is 0 Å². The first-order valence-electron chi connectivity index (χ1n) is 17.0. The molecule has 1 fully saturated rings. The van der Waals surface area contributed by atoms with Crippen LogP contribution in [0.5, 0.6) is 5.75 Å². The van der Waals surface area contributed by atoms with Gasteiger partial charge < -0.3 is 44.6 Å². The quantitative estimate of drug-likeness (QED) is 0.160. The first-order valence-corrected chi connectivity index (χ1v) is 17.0. The summed E-state index contributed by atoms with van der Waals surface area (Å²) in [5, 5.41) is 3.02. The number of H-pyrrole nitrogens is 1. The van der Waals surface area contributed by atoms with Crippen LogP contribution in [0.15, 0.2) is 47.3 Å². The molecular formula is C37H52N4O7. The van der Waals surface area contributed by atoms with Crippen LogP contribution in [0.2, 0.25) is 0 Å². The van der Waals surface area contributed by atoms with Gasteiger partial charge in [0.15, 0.2) is 0 Å². The van der Waals surface area contributed by atoms with Gasteiger partial charge >= 0.3 is 0 Å². The minimum Gasteiger partial charge on any atom is -0.491 e. The van der Waals surface area contributed by atoms with Crippen LogP contribution in [0.3, 0.4) is 0 Å². The molecule has 0 atom stereocenters. The number of aromatic nitrogens is 1. The number of nitrogens with one attached hydrogen (secondary N) is 2. The van der Waals surface area contributed by atoms with Gasteiger partial charge in [-0.2, -0.15) is 0 Å². The van der Waals surface area contributed by atoms with E-state index >= 15 is 0 Å². The second kappa shape index (κ2) is 19.3. The molecule has 48 heavy (non-hydrogen) atoms. The first-order chi connectivity index (χ1) is 23.3. The van der Waals surface area contributed by atoms with E-state index in [9.17, 15) is 9.59 Å². The third-order valence-corrected chi connectivity index (χ3v) is 8.52. The maximum Gasteiger partial charge on any atom is 0.253 e. The zero-order chi connectivity index (χ0) is 34.3. The number of rotatable bonds is 19. The number of amides is 1. The van der Waals surface area contributed by atoms with Gasteiger partial charge in [0.05, 0.1) is 39.6 Å². The van der Waals surface area contributed by atoms with Crippen molar-refractivity contribution in [1.82, 2.24) is 10.3 Å². The van der Waals surface area contributed by atoms with Gasteiger partial charge in [0, 0.05) is 61.4 Å². The largest absolute Gasteiger partial charge is 0.491 e. The number of hydrogen-bond donors (Lipinski definition) is 3. The second-order valence-electron chi connectivity index (χ2n) is 11.9. The molecule has 2 heterocycles. The highest BCUT2D eigenvalue weighted by Gasteiger charge is 2.25. The lowest BCUT2D eigenvalue weighted by atomic mass is 9.95. The average Bonchev–Trinajstić information content (AvgIpc) is 3.08. The van der Waals surface area contributed by atoms with E-state index in [1.165, 1.54) is 0 Å². The molecule has 11 heteroatoms. The van der Waals surface area contributed by atoms with E-state index in [1.807, 2.05) is 57.2 Å². The summed E-state index contributed by atoms with van der Waals surface area (Å²) < 4.78 is 27.9. The van der Waals surface area contributed by atoms with E-state index in [1.54, 1.807) is 0 Å². The molecule has 4 rings (SSSR count). The monoisotopic (exact) mass is 664 g/mol. The van der Waals surface area contributed by atoms with Crippen LogP contribution in [0.25, 0.3) is 11.1 Å². The van der Waals surface area contributed by atoms with Crippen LogP contribution in [0.4, 0.5) is 5.69 Å². The number of aromatic amines is 1. The van der Waals surface area contributed by atoms with Crippen molar-refractivity contribution in [2.45, 2.75) is 53.1 Å². The zero-order valence-corrected chi connectivity index (χ0v) is 28.9. The molecule has 4 N–H and O–H groups in total. The Morgan fingerprint density at radius 2 is 1.56 bits per heavy atom. The summed E-state index contributed by atoms with van der Waals surface area (Å²) in [6.45, 7) is 14.2. The fourth-order valence-corrected chi connectivity index (χ4v) is 5.97. The van der Waals surface area contributed by atoms with Crippen LogP contribution < -0.4 is 26.2 Å². The van der Waals surface area contributed by atoms with Crippen molar-refractivity contribution in [3.63, 3.8) is 0 Å². The third kappa shape index (κ3) is 10.6. The Labute approximate surface area is 284 Å².